The van der Waals surface area contributed by atoms with Crippen molar-refractivity contribution in [1.82, 2.24) is 0 Å². The standard InChI is InChI=1S/C6H6FN.C6H6N2/c7-5-1-3-6(8)4-2-5;7-5-3-1-2-4-6(5)8/h1-4H,8H2;1-4,7-8H. The van der Waals surface area contributed by atoms with Crippen molar-refractivity contribution in [2.75, 3.05) is 5.73 Å². The summed E-state index contributed by atoms with van der Waals surface area (Å²) in [5.74, 6) is -0.251. The van der Waals surface area contributed by atoms with E-state index >= 15 is 0 Å². The van der Waals surface area contributed by atoms with E-state index < -0.39 is 0 Å². The van der Waals surface area contributed by atoms with Gasteiger partial charge in [-0.15, -0.1) is 0 Å². The van der Waals surface area contributed by atoms with Crippen molar-refractivity contribution in [1.29, 1.82) is 10.8 Å². The van der Waals surface area contributed by atoms with Crippen LogP contribution in [0.4, 0.5) is 10.1 Å². The molecule has 1 aliphatic rings. The molecule has 0 saturated heterocycles. The predicted molar refractivity (Wildman–Crippen MR) is 64.5 cm³/mol. The van der Waals surface area contributed by atoms with E-state index in [0.717, 1.165) is 0 Å². The molecule has 0 bridgehead atoms. The van der Waals surface area contributed by atoms with Crippen LogP contribution in [-0.4, -0.2) is 11.4 Å². The first-order valence-electron chi connectivity index (χ1n) is 4.63. The van der Waals surface area contributed by atoms with E-state index in [2.05, 4.69) is 0 Å². The van der Waals surface area contributed by atoms with Crippen LogP contribution >= 0.6 is 0 Å². The van der Waals surface area contributed by atoms with Crippen molar-refractivity contribution < 1.29 is 4.39 Å². The van der Waals surface area contributed by atoms with Gasteiger partial charge in [0.25, 0.3) is 0 Å². The van der Waals surface area contributed by atoms with Crippen LogP contribution in [-0.2, 0) is 0 Å². The van der Waals surface area contributed by atoms with Crippen molar-refractivity contribution in [3.63, 3.8) is 0 Å². The number of nitrogen functional groups attached to an aromatic ring is 1. The van der Waals surface area contributed by atoms with Gasteiger partial charge < -0.3 is 5.73 Å². The molecule has 0 heterocycles. The molecule has 4 heteroatoms. The summed E-state index contributed by atoms with van der Waals surface area (Å²) in [6.45, 7) is 0. The molecule has 0 aromatic heterocycles. The molecule has 1 aliphatic carbocycles. The molecule has 0 saturated carbocycles. The maximum Gasteiger partial charge on any atom is 0.123 e. The number of nitrogens with two attached hydrogens (primary N) is 1. The monoisotopic (exact) mass is 217 g/mol. The minimum absolute atomic E-state index is 0.251. The molecule has 2 rings (SSSR count). The van der Waals surface area contributed by atoms with Gasteiger partial charge in [-0.25, -0.2) is 4.39 Å². The van der Waals surface area contributed by atoms with Crippen LogP contribution in [0.1, 0.15) is 0 Å². The van der Waals surface area contributed by atoms with Crippen LogP contribution < -0.4 is 5.73 Å². The second-order valence-electron chi connectivity index (χ2n) is 3.10. The fraction of sp³-hybridized carbons (Fsp3) is 0. The number of anilines is 1. The lowest BCUT2D eigenvalue weighted by molar-refractivity contribution is 0.628. The maximum absolute atomic E-state index is 12.0. The normalized spacial score (nSPS) is 13.3. The fourth-order valence-corrected chi connectivity index (χ4v) is 0.946. The molecular weight excluding hydrogens is 205 g/mol. The third-order valence-corrected chi connectivity index (χ3v) is 1.80. The van der Waals surface area contributed by atoms with Crippen LogP contribution in [0, 0.1) is 16.6 Å². The van der Waals surface area contributed by atoms with Gasteiger partial charge in [0.15, 0.2) is 0 Å². The highest BCUT2D eigenvalue weighted by Crippen LogP contribution is 2.01. The third kappa shape index (κ3) is 3.88. The summed E-state index contributed by atoms with van der Waals surface area (Å²) in [7, 11) is 0. The van der Waals surface area contributed by atoms with E-state index in [-0.39, 0.29) is 17.2 Å². The average Bonchev–Trinajstić information content (AvgIpc) is 2.28. The molecule has 0 radical (unpaired) electrons. The van der Waals surface area contributed by atoms with Crippen molar-refractivity contribution in [2.24, 2.45) is 0 Å². The zero-order valence-corrected chi connectivity index (χ0v) is 8.57. The lowest BCUT2D eigenvalue weighted by atomic mass is 10.1. The molecule has 0 amide bonds. The largest absolute Gasteiger partial charge is 0.399 e. The molecule has 0 aliphatic heterocycles. The van der Waals surface area contributed by atoms with Crippen LogP contribution in [0.3, 0.4) is 0 Å². The minimum atomic E-state index is -0.251. The number of hydrogen-bond acceptors (Lipinski definition) is 3. The van der Waals surface area contributed by atoms with Gasteiger partial charge in [-0.2, -0.15) is 0 Å². The minimum Gasteiger partial charge on any atom is -0.399 e. The van der Waals surface area contributed by atoms with E-state index in [1.165, 1.54) is 24.3 Å². The fourth-order valence-electron chi connectivity index (χ4n) is 0.946. The van der Waals surface area contributed by atoms with Crippen molar-refractivity contribution in [3.8, 4) is 0 Å². The summed E-state index contributed by atoms with van der Waals surface area (Å²) in [5.41, 5.74) is 6.42. The topological polar surface area (TPSA) is 73.7 Å². The Bertz CT molecular complexity index is 401. The second kappa shape index (κ2) is 5.60. The molecule has 82 valence electrons. The number of halogens is 1. The highest BCUT2D eigenvalue weighted by Gasteiger charge is 1.97. The zero-order valence-electron chi connectivity index (χ0n) is 8.57. The van der Waals surface area contributed by atoms with E-state index in [4.69, 9.17) is 16.6 Å². The second-order valence-corrected chi connectivity index (χ2v) is 3.10. The number of hydrogen-bond donors (Lipinski definition) is 3. The van der Waals surface area contributed by atoms with Gasteiger partial charge in [-0.05, 0) is 36.4 Å². The van der Waals surface area contributed by atoms with Crippen molar-refractivity contribution in [3.05, 3.63) is 54.4 Å². The maximum atomic E-state index is 12.0. The third-order valence-electron chi connectivity index (χ3n) is 1.80. The van der Waals surface area contributed by atoms with Crippen molar-refractivity contribution in [2.45, 2.75) is 0 Å². The van der Waals surface area contributed by atoms with Gasteiger partial charge in [0.1, 0.15) is 5.82 Å². The Hall–Kier alpha value is -2.23. The van der Waals surface area contributed by atoms with Gasteiger partial charge in [-0.1, -0.05) is 12.2 Å². The molecular formula is C12H12FN3. The quantitative estimate of drug-likeness (QED) is 0.453. The Labute approximate surface area is 93.1 Å². The van der Waals surface area contributed by atoms with Crippen LogP contribution in [0.2, 0.25) is 0 Å². The number of benzene rings is 1. The lowest BCUT2D eigenvalue weighted by Crippen LogP contribution is -2.06. The summed E-state index contributed by atoms with van der Waals surface area (Å²) in [6, 6.07) is 5.70. The first kappa shape index (κ1) is 11.8. The molecule has 16 heavy (non-hydrogen) atoms. The highest BCUT2D eigenvalue weighted by atomic mass is 19.1. The molecule has 0 unspecified atom stereocenters. The summed E-state index contributed by atoms with van der Waals surface area (Å²) < 4.78 is 12.0. The highest BCUT2D eigenvalue weighted by molar-refractivity contribution is 6.48. The van der Waals surface area contributed by atoms with Crippen LogP contribution in [0.15, 0.2) is 48.6 Å². The Morgan fingerprint density at radius 1 is 0.875 bits per heavy atom. The molecule has 3 nitrogen and oxygen atoms in total. The summed E-state index contributed by atoms with van der Waals surface area (Å²) in [5, 5.41) is 14.1. The van der Waals surface area contributed by atoms with Gasteiger partial charge in [0.05, 0.1) is 11.4 Å². The van der Waals surface area contributed by atoms with E-state index in [1.807, 2.05) is 0 Å². The summed E-state index contributed by atoms with van der Waals surface area (Å²) >= 11 is 0. The van der Waals surface area contributed by atoms with Crippen LogP contribution in [0.5, 0.6) is 0 Å². The Morgan fingerprint density at radius 2 is 1.31 bits per heavy atom. The average molecular weight is 217 g/mol. The molecule has 0 spiro atoms. The first-order valence-corrected chi connectivity index (χ1v) is 4.63. The van der Waals surface area contributed by atoms with Crippen molar-refractivity contribution >= 4 is 17.1 Å². The SMILES string of the molecule is N=C1C=CC=CC1=N.Nc1ccc(F)cc1. The van der Waals surface area contributed by atoms with Gasteiger partial charge >= 0.3 is 0 Å². The van der Waals surface area contributed by atoms with E-state index in [0.29, 0.717) is 5.69 Å². The number of rotatable bonds is 0. The van der Waals surface area contributed by atoms with E-state index in [1.54, 1.807) is 24.3 Å². The lowest BCUT2D eigenvalue weighted by Gasteiger charge is -1.96. The van der Waals surface area contributed by atoms with Gasteiger partial charge in [0, 0.05) is 5.69 Å². The number of nitrogens with one attached hydrogen (secondary N) is 2. The predicted octanol–water partition coefficient (Wildman–Crippen LogP) is 2.56. The Balaban J connectivity index is 0.000000160. The molecule has 0 atom stereocenters. The van der Waals surface area contributed by atoms with Gasteiger partial charge in [0.2, 0.25) is 0 Å². The molecule has 1 aromatic carbocycles. The zero-order chi connectivity index (χ0) is 12.0. The van der Waals surface area contributed by atoms with Gasteiger partial charge in [-0.3, -0.25) is 10.8 Å². The molecule has 4 N–H and O–H groups in total. The Morgan fingerprint density at radius 3 is 1.62 bits per heavy atom. The number of allylic oxidation sites excluding steroid dienone is 4. The van der Waals surface area contributed by atoms with E-state index in [9.17, 15) is 4.39 Å². The smallest absolute Gasteiger partial charge is 0.123 e. The summed E-state index contributed by atoms with van der Waals surface area (Å²) in [4.78, 5) is 0. The molecule has 0 fully saturated rings. The first-order chi connectivity index (χ1) is 7.59. The molecule has 1 aromatic rings. The van der Waals surface area contributed by atoms with Crippen LogP contribution in [0.25, 0.3) is 0 Å². The summed E-state index contributed by atoms with van der Waals surface area (Å²) in [6.07, 6.45) is 6.70. The Kier molecular flexibility index (Phi) is 4.15.